The van der Waals surface area contributed by atoms with Gasteiger partial charge in [0, 0.05) is 5.25 Å². The topological polar surface area (TPSA) is 37.3 Å². The Balaban J connectivity index is 2.34. The van der Waals surface area contributed by atoms with Gasteiger partial charge in [0.1, 0.15) is 0 Å². The van der Waals surface area contributed by atoms with Gasteiger partial charge in [0.2, 0.25) is 0 Å². The van der Waals surface area contributed by atoms with Crippen molar-refractivity contribution >= 4 is 17.7 Å². The quantitative estimate of drug-likeness (QED) is 0.717. The molecule has 0 radical (unpaired) electrons. The van der Waals surface area contributed by atoms with Crippen LogP contribution in [0.4, 0.5) is 0 Å². The van der Waals surface area contributed by atoms with E-state index in [0.29, 0.717) is 5.25 Å². The number of thioether (sulfide) groups is 1. The van der Waals surface area contributed by atoms with E-state index in [1.165, 1.54) is 19.3 Å². The molecule has 0 amide bonds. The van der Waals surface area contributed by atoms with Gasteiger partial charge >= 0.3 is 5.97 Å². The lowest BCUT2D eigenvalue weighted by atomic mass is 9.89. The smallest absolute Gasteiger partial charge is 0.307 e. The molecule has 2 unspecified atom stereocenters. The third-order valence-electron chi connectivity index (χ3n) is 2.85. The van der Waals surface area contributed by atoms with Crippen molar-refractivity contribution in [3.8, 4) is 0 Å². The summed E-state index contributed by atoms with van der Waals surface area (Å²) >= 11 is 1.88. The standard InChI is InChI=1S/C11H20O2S/c1-2-3-8-14-10-7-5-4-6-9(10)11(12)13/h9-10H,2-8H2,1H3,(H,12,13). The van der Waals surface area contributed by atoms with Crippen molar-refractivity contribution in [2.75, 3.05) is 5.75 Å². The molecule has 0 aromatic heterocycles. The summed E-state index contributed by atoms with van der Waals surface area (Å²) in [7, 11) is 0. The predicted octanol–water partition coefficient (Wildman–Crippen LogP) is 3.16. The molecule has 0 aromatic rings. The molecule has 14 heavy (non-hydrogen) atoms. The first-order valence-corrected chi connectivity index (χ1v) is 6.65. The molecule has 0 aliphatic heterocycles. The number of unbranched alkanes of at least 4 members (excludes halogenated alkanes) is 1. The molecule has 0 bridgehead atoms. The molecule has 1 N–H and O–H groups in total. The molecule has 2 atom stereocenters. The highest BCUT2D eigenvalue weighted by atomic mass is 32.2. The summed E-state index contributed by atoms with van der Waals surface area (Å²) in [5, 5.41) is 9.43. The number of hydrogen-bond donors (Lipinski definition) is 1. The van der Waals surface area contributed by atoms with E-state index >= 15 is 0 Å². The Morgan fingerprint density at radius 2 is 2.14 bits per heavy atom. The van der Waals surface area contributed by atoms with Gasteiger partial charge in [-0.25, -0.2) is 0 Å². The SMILES string of the molecule is CCCCSC1CCCCC1C(=O)O. The van der Waals surface area contributed by atoms with E-state index in [1.807, 2.05) is 11.8 Å². The van der Waals surface area contributed by atoms with E-state index in [2.05, 4.69) is 6.92 Å². The molecular weight excluding hydrogens is 196 g/mol. The number of carboxylic acids is 1. The van der Waals surface area contributed by atoms with Gasteiger partial charge in [0.15, 0.2) is 0 Å². The van der Waals surface area contributed by atoms with Crippen molar-refractivity contribution in [2.45, 2.75) is 50.7 Å². The summed E-state index contributed by atoms with van der Waals surface area (Å²) in [6.07, 6.45) is 6.73. The third-order valence-corrected chi connectivity index (χ3v) is 4.37. The molecule has 1 aliphatic rings. The second kappa shape index (κ2) is 6.33. The molecule has 0 aromatic carbocycles. The fourth-order valence-electron chi connectivity index (χ4n) is 1.96. The van der Waals surface area contributed by atoms with E-state index < -0.39 is 5.97 Å². The van der Waals surface area contributed by atoms with Gasteiger partial charge in [-0.1, -0.05) is 26.2 Å². The maximum Gasteiger partial charge on any atom is 0.307 e. The number of hydrogen-bond acceptors (Lipinski definition) is 2. The normalized spacial score (nSPS) is 27.5. The number of aliphatic carboxylic acids is 1. The van der Waals surface area contributed by atoms with Crippen LogP contribution in [-0.4, -0.2) is 22.1 Å². The molecule has 1 rings (SSSR count). The van der Waals surface area contributed by atoms with Crippen molar-refractivity contribution in [1.29, 1.82) is 0 Å². The van der Waals surface area contributed by atoms with Crippen LogP contribution in [0.2, 0.25) is 0 Å². The molecule has 0 saturated heterocycles. The summed E-state index contributed by atoms with van der Waals surface area (Å²) in [6, 6.07) is 0. The fourth-order valence-corrected chi connectivity index (χ4v) is 3.53. The number of rotatable bonds is 5. The van der Waals surface area contributed by atoms with Gasteiger partial charge in [0.25, 0.3) is 0 Å². The minimum Gasteiger partial charge on any atom is -0.481 e. The zero-order chi connectivity index (χ0) is 10.4. The minimum atomic E-state index is -0.585. The van der Waals surface area contributed by atoms with Crippen molar-refractivity contribution in [2.24, 2.45) is 5.92 Å². The van der Waals surface area contributed by atoms with Gasteiger partial charge < -0.3 is 5.11 Å². The first-order valence-electron chi connectivity index (χ1n) is 5.60. The maximum atomic E-state index is 11.0. The average molecular weight is 216 g/mol. The highest BCUT2D eigenvalue weighted by Crippen LogP contribution is 2.33. The maximum absolute atomic E-state index is 11.0. The van der Waals surface area contributed by atoms with Crippen molar-refractivity contribution in [1.82, 2.24) is 0 Å². The summed E-state index contributed by atoms with van der Waals surface area (Å²) < 4.78 is 0. The highest BCUT2D eigenvalue weighted by Gasteiger charge is 2.30. The molecule has 3 heteroatoms. The molecular formula is C11H20O2S. The van der Waals surface area contributed by atoms with E-state index in [4.69, 9.17) is 5.11 Å². The minimum absolute atomic E-state index is 0.0781. The number of carbonyl (C=O) groups is 1. The predicted molar refractivity (Wildman–Crippen MR) is 60.7 cm³/mol. The van der Waals surface area contributed by atoms with Crippen molar-refractivity contribution in [3.63, 3.8) is 0 Å². The summed E-state index contributed by atoms with van der Waals surface area (Å²) in [5.74, 6) is 0.467. The van der Waals surface area contributed by atoms with Crippen LogP contribution in [0.3, 0.4) is 0 Å². The summed E-state index contributed by atoms with van der Waals surface area (Å²) in [5.41, 5.74) is 0. The molecule has 2 nitrogen and oxygen atoms in total. The van der Waals surface area contributed by atoms with Gasteiger partial charge in [-0.2, -0.15) is 11.8 Å². The second-order valence-corrected chi connectivity index (χ2v) is 5.34. The Hall–Kier alpha value is -0.180. The Bertz CT molecular complexity index is 182. The fraction of sp³-hybridized carbons (Fsp3) is 0.909. The molecule has 0 heterocycles. The zero-order valence-corrected chi connectivity index (χ0v) is 9.68. The van der Waals surface area contributed by atoms with Crippen molar-refractivity contribution < 1.29 is 9.90 Å². The molecule has 1 fully saturated rings. The van der Waals surface area contributed by atoms with Crippen LogP contribution in [0.25, 0.3) is 0 Å². The van der Waals surface area contributed by atoms with Crippen LogP contribution >= 0.6 is 11.8 Å². The van der Waals surface area contributed by atoms with Crippen LogP contribution in [0.1, 0.15) is 45.4 Å². The molecule has 82 valence electrons. The zero-order valence-electron chi connectivity index (χ0n) is 8.87. The monoisotopic (exact) mass is 216 g/mol. The van der Waals surface area contributed by atoms with Crippen LogP contribution in [-0.2, 0) is 4.79 Å². The van der Waals surface area contributed by atoms with Crippen LogP contribution in [0, 0.1) is 5.92 Å². The lowest BCUT2D eigenvalue weighted by molar-refractivity contribution is -0.142. The summed E-state index contributed by atoms with van der Waals surface area (Å²) in [4.78, 5) is 11.0. The Kier molecular flexibility index (Phi) is 5.38. The Labute approximate surface area is 90.5 Å². The largest absolute Gasteiger partial charge is 0.481 e. The lowest BCUT2D eigenvalue weighted by Crippen LogP contribution is -2.29. The van der Waals surface area contributed by atoms with Crippen molar-refractivity contribution in [3.05, 3.63) is 0 Å². The van der Waals surface area contributed by atoms with Crippen LogP contribution in [0.5, 0.6) is 0 Å². The second-order valence-electron chi connectivity index (χ2n) is 3.99. The summed E-state index contributed by atoms with van der Waals surface area (Å²) in [6.45, 7) is 2.18. The van der Waals surface area contributed by atoms with Gasteiger partial charge in [-0.15, -0.1) is 0 Å². The van der Waals surface area contributed by atoms with E-state index in [-0.39, 0.29) is 5.92 Å². The number of carboxylic acid groups (broad SMARTS) is 1. The van der Waals surface area contributed by atoms with E-state index in [9.17, 15) is 4.79 Å². The molecule has 1 aliphatic carbocycles. The van der Waals surface area contributed by atoms with E-state index in [1.54, 1.807) is 0 Å². The van der Waals surface area contributed by atoms with Crippen LogP contribution in [0.15, 0.2) is 0 Å². The van der Waals surface area contributed by atoms with E-state index in [0.717, 1.165) is 25.0 Å². The first-order chi connectivity index (χ1) is 6.75. The Morgan fingerprint density at radius 1 is 1.43 bits per heavy atom. The van der Waals surface area contributed by atoms with Gasteiger partial charge in [-0.05, 0) is 25.0 Å². The third kappa shape index (κ3) is 3.52. The highest BCUT2D eigenvalue weighted by molar-refractivity contribution is 7.99. The van der Waals surface area contributed by atoms with Crippen LogP contribution < -0.4 is 0 Å². The Morgan fingerprint density at radius 3 is 2.79 bits per heavy atom. The first kappa shape index (κ1) is 11.9. The molecule has 0 spiro atoms. The van der Waals surface area contributed by atoms with Gasteiger partial charge in [0.05, 0.1) is 5.92 Å². The average Bonchev–Trinajstić information content (AvgIpc) is 2.19. The van der Waals surface area contributed by atoms with Gasteiger partial charge in [-0.3, -0.25) is 4.79 Å². The lowest BCUT2D eigenvalue weighted by Gasteiger charge is -2.27. The molecule has 1 saturated carbocycles.